The van der Waals surface area contributed by atoms with E-state index < -0.39 is 6.04 Å². The first-order valence-electron chi connectivity index (χ1n) is 11.4. The first kappa shape index (κ1) is 21.2. The number of aromatic nitrogens is 1. The molecule has 2 aromatic rings. The fraction of sp³-hybridized carbons (Fsp3) is 0.583. The van der Waals surface area contributed by atoms with Gasteiger partial charge < -0.3 is 14.8 Å². The number of hydrogen-bond acceptors (Lipinski definition) is 3. The van der Waals surface area contributed by atoms with Gasteiger partial charge in [0.05, 0.1) is 6.42 Å². The lowest BCUT2D eigenvalue weighted by atomic mass is 9.95. The first-order chi connectivity index (χ1) is 14.6. The molecule has 2 heterocycles. The minimum Gasteiger partial charge on any atom is -0.352 e. The summed E-state index contributed by atoms with van der Waals surface area (Å²) in [6.45, 7) is 0. The van der Waals surface area contributed by atoms with Gasteiger partial charge in [0.15, 0.2) is 6.04 Å². The quantitative estimate of drug-likeness (QED) is 0.703. The third-order valence-electron chi connectivity index (χ3n) is 6.65. The van der Waals surface area contributed by atoms with E-state index in [-0.39, 0.29) is 23.9 Å². The van der Waals surface area contributed by atoms with Crippen molar-refractivity contribution >= 4 is 23.2 Å². The highest BCUT2D eigenvalue weighted by Gasteiger charge is 2.39. The molecule has 2 aliphatic rings. The SMILES string of the molecule is Cn1cccc1C(C(=O)NC1CCCCC1)N(C(=O)Cc1cccs1)C1CCCC1. The summed E-state index contributed by atoms with van der Waals surface area (Å²) in [5.74, 6) is 0.0458. The van der Waals surface area contributed by atoms with Gasteiger partial charge >= 0.3 is 0 Å². The summed E-state index contributed by atoms with van der Waals surface area (Å²) in [5, 5.41) is 5.32. The minimum absolute atomic E-state index is 0.0184. The Hall–Kier alpha value is -2.08. The van der Waals surface area contributed by atoms with E-state index in [0.29, 0.717) is 6.42 Å². The van der Waals surface area contributed by atoms with Crippen LogP contribution in [-0.2, 0) is 23.1 Å². The van der Waals surface area contributed by atoms with Crippen molar-refractivity contribution in [2.24, 2.45) is 7.05 Å². The molecule has 2 aliphatic carbocycles. The molecule has 0 spiro atoms. The van der Waals surface area contributed by atoms with Gasteiger partial charge in [0.25, 0.3) is 0 Å². The molecule has 4 rings (SSSR count). The van der Waals surface area contributed by atoms with Crippen molar-refractivity contribution in [1.82, 2.24) is 14.8 Å². The number of thiophene rings is 1. The lowest BCUT2D eigenvalue weighted by Crippen LogP contribution is -2.51. The standard InChI is InChI=1S/C24H33N3O2S/c1-26-15-7-14-21(26)23(24(29)25-18-9-3-2-4-10-18)27(19-11-5-6-12-19)22(28)17-20-13-8-16-30-20/h7-8,13-16,18-19,23H,2-6,9-12,17H2,1H3,(H,25,29). The Morgan fingerprint density at radius 2 is 1.83 bits per heavy atom. The summed E-state index contributed by atoms with van der Waals surface area (Å²) in [6, 6.07) is 7.74. The van der Waals surface area contributed by atoms with Gasteiger partial charge in [-0.15, -0.1) is 11.3 Å². The summed E-state index contributed by atoms with van der Waals surface area (Å²) < 4.78 is 1.99. The molecule has 5 nitrogen and oxygen atoms in total. The van der Waals surface area contributed by atoms with Gasteiger partial charge in [-0.05, 0) is 49.3 Å². The predicted molar refractivity (Wildman–Crippen MR) is 120 cm³/mol. The van der Waals surface area contributed by atoms with Gasteiger partial charge in [-0.2, -0.15) is 0 Å². The third-order valence-corrected chi connectivity index (χ3v) is 7.53. The highest BCUT2D eigenvalue weighted by Crippen LogP contribution is 2.33. The fourth-order valence-corrected chi connectivity index (χ4v) is 5.78. The molecule has 0 aromatic carbocycles. The smallest absolute Gasteiger partial charge is 0.249 e. The number of nitrogens with one attached hydrogen (secondary N) is 1. The molecule has 162 valence electrons. The molecule has 0 bridgehead atoms. The second-order valence-corrected chi connectivity index (χ2v) is 9.82. The van der Waals surface area contributed by atoms with Crippen molar-refractivity contribution < 1.29 is 9.59 Å². The summed E-state index contributed by atoms with van der Waals surface area (Å²) in [5.41, 5.74) is 0.898. The molecule has 2 aromatic heterocycles. The highest BCUT2D eigenvalue weighted by atomic mass is 32.1. The number of carbonyl (C=O) groups excluding carboxylic acids is 2. The molecule has 2 saturated carbocycles. The van der Waals surface area contributed by atoms with Crippen LogP contribution in [0.15, 0.2) is 35.8 Å². The molecular formula is C24H33N3O2S. The Morgan fingerprint density at radius 1 is 1.10 bits per heavy atom. The van der Waals surface area contributed by atoms with Crippen LogP contribution >= 0.6 is 11.3 Å². The van der Waals surface area contributed by atoms with Crippen LogP contribution in [0.25, 0.3) is 0 Å². The molecule has 30 heavy (non-hydrogen) atoms. The summed E-state index contributed by atoms with van der Waals surface area (Å²) in [7, 11) is 1.97. The van der Waals surface area contributed by atoms with Crippen LogP contribution in [0.5, 0.6) is 0 Å². The zero-order valence-corrected chi connectivity index (χ0v) is 18.7. The molecule has 1 unspecified atom stereocenters. The Labute approximate surface area is 183 Å². The van der Waals surface area contributed by atoms with Crippen molar-refractivity contribution in [2.75, 3.05) is 0 Å². The average Bonchev–Trinajstić information content (AvgIpc) is 3.50. The van der Waals surface area contributed by atoms with Crippen LogP contribution in [0.1, 0.15) is 74.4 Å². The Bertz CT molecular complexity index is 833. The van der Waals surface area contributed by atoms with Crippen LogP contribution in [0.4, 0.5) is 0 Å². The summed E-state index contributed by atoms with van der Waals surface area (Å²) in [6.07, 6.45) is 12.2. The van der Waals surface area contributed by atoms with E-state index in [4.69, 9.17) is 0 Å². The normalized spacial score (nSPS) is 19.0. The van der Waals surface area contributed by atoms with Gasteiger partial charge in [0.1, 0.15) is 0 Å². The average molecular weight is 428 g/mol. The highest BCUT2D eigenvalue weighted by molar-refractivity contribution is 7.10. The topological polar surface area (TPSA) is 54.3 Å². The minimum atomic E-state index is -0.567. The van der Waals surface area contributed by atoms with E-state index in [1.165, 1.54) is 19.3 Å². The molecule has 2 amide bonds. The van der Waals surface area contributed by atoms with Gasteiger partial charge in [0.2, 0.25) is 11.8 Å². The van der Waals surface area contributed by atoms with Crippen LogP contribution in [0.3, 0.4) is 0 Å². The second-order valence-electron chi connectivity index (χ2n) is 8.79. The monoisotopic (exact) mass is 427 g/mol. The number of rotatable bonds is 7. The van der Waals surface area contributed by atoms with Crippen molar-refractivity contribution in [3.8, 4) is 0 Å². The largest absolute Gasteiger partial charge is 0.352 e. The van der Waals surface area contributed by atoms with Gasteiger partial charge in [0, 0.05) is 35.9 Å². The Morgan fingerprint density at radius 3 is 2.47 bits per heavy atom. The second kappa shape index (κ2) is 9.82. The molecule has 2 fully saturated rings. The van der Waals surface area contributed by atoms with Gasteiger partial charge in [-0.1, -0.05) is 38.2 Å². The maximum Gasteiger partial charge on any atom is 0.249 e. The Kier molecular flexibility index (Phi) is 6.93. The van der Waals surface area contributed by atoms with Crippen LogP contribution < -0.4 is 5.32 Å². The van der Waals surface area contributed by atoms with Gasteiger partial charge in [-0.3, -0.25) is 9.59 Å². The predicted octanol–water partition coefficient (Wildman–Crippen LogP) is 4.59. The van der Waals surface area contributed by atoms with Crippen molar-refractivity contribution in [1.29, 1.82) is 0 Å². The Balaban J connectivity index is 1.64. The van der Waals surface area contributed by atoms with Crippen LogP contribution in [0.2, 0.25) is 0 Å². The molecule has 1 N–H and O–H groups in total. The molecule has 0 radical (unpaired) electrons. The number of carbonyl (C=O) groups is 2. The molecular weight excluding hydrogens is 394 g/mol. The van der Waals surface area contributed by atoms with Crippen LogP contribution in [-0.4, -0.2) is 33.4 Å². The zero-order valence-electron chi connectivity index (χ0n) is 17.9. The maximum absolute atomic E-state index is 13.7. The third kappa shape index (κ3) is 4.80. The van der Waals surface area contributed by atoms with Crippen molar-refractivity contribution in [2.45, 2.75) is 82.3 Å². The fourth-order valence-electron chi connectivity index (χ4n) is 5.08. The van der Waals surface area contributed by atoms with E-state index in [1.54, 1.807) is 11.3 Å². The van der Waals surface area contributed by atoms with E-state index in [9.17, 15) is 9.59 Å². The summed E-state index contributed by atoms with van der Waals surface area (Å²) in [4.78, 5) is 30.2. The number of aryl methyl sites for hydroxylation is 1. The molecule has 6 heteroatoms. The van der Waals surface area contributed by atoms with Crippen LogP contribution in [0, 0.1) is 0 Å². The lowest BCUT2D eigenvalue weighted by molar-refractivity contribution is -0.143. The number of hydrogen-bond donors (Lipinski definition) is 1. The molecule has 0 saturated heterocycles. The van der Waals surface area contributed by atoms with E-state index in [0.717, 1.165) is 49.1 Å². The molecule has 1 atom stereocenters. The number of amides is 2. The lowest BCUT2D eigenvalue weighted by Gasteiger charge is -2.37. The van der Waals surface area contributed by atoms with Gasteiger partial charge in [-0.25, -0.2) is 0 Å². The summed E-state index contributed by atoms with van der Waals surface area (Å²) >= 11 is 1.61. The zero-order chi connectivity index (χ0) is 20.9. The first-order valence-corrected chi connectivity index (χ1v) is 12.3. The maximum atomic E-state index is 13.7. The van der Waals surface area contributed by atoms with Crippen molar-refractivity contribution in [3.05, 3.63) is 46.4 Å². The van der Waals surface area contributed by atoms with E-state index >= 15 is 0 Å². The molecule has 0 aliphatic heterocycles. The van der Waals surface area contributed by atoms with E-state index in [1.807, 2.05) is 52.4 Å². The van der Waals surface area contributed by atoms with Crippen molar-refractivity contribution in [3.63, 3.8) is 0 Å². The number of nitrogens with zero attached hydrogens (tertiary/aromatic N) is 2. The van der Waals surface area contributed by atoms with E-state index in [2.05, 4.69) is 5.32 Å².